The second-order valence-corrected chi connectivity index (χ2v) is 5.53. The van der Waals surface area contributed by atoms with Crippen LogP contribution in [0.2, 0.25) is 0 Å². The van der Waals surface area contributed by atoms with Crippen LogP contribution in [-0.2, 0) is 6.42 Å². The zero-order chi connectivity index (χ0) is 14.4. The normalized spacial score (nSPS) is 16.3. The second kappa shape index (κ2) is 7.43. The molecular weight excluding hydrogens is 252 g/mol. The largest absolute Gasteiger partial charge is 0.395 e. The Kier molecular flexibility index (Phi) is 5.59. The summed E-state index contributed by atoms with van der Waals surface area (Å²) in [4.78, 5) is 11.1. The van der Waals surface area contributed by atoms with Crippen LogP contribution >= 0.6 is 0 Å². The molecule has 0 radical (unpaired) electrons. The SMILES string of the molecule is CCCc1nc(N)cc(N(CCO)C2CCCCC2)n1. The molecule has 20 heavy (non-hydrogen) atoms. The fourth-order valence-corrected chi connectivity index (χ4v) is 2.97. The Morgan fingerprint density at radius 1 is 1.30 bits per heavy atom. The number of aromatic nitrogens is 2. The standard InChI is InChI=1S/C15H26N4O/c1-2-6-14-17-13(16)11-15(18-14)19(9-10-20)12-7-4-3-5-8-12/h11-12,20H,2-10H2,1H3,(H2,16,17,18). The first-order valence-corrected chi connectivity index (χ1v) is 7.75. The van der Waals surface area contributed by atoms with Crippen molar-refractivity contribution in [3.63, 3.8) is 0 Å². The predicted molar refractivity (Wildman–Crippen MR) is 81.7 cm³/mol. The molecule has 112 valence electrons. The number of aliphatic hydroxyl groups excluding tert-OH is 1. The van der Waals surface area contributed by atoms with Crippen LogP contribution in [0.3, 0.4) is 0 Å². The Morgan fingerprint density at radius 2 is 2.05 bits per heavy atom. The van der Waals surface area contributed by atoms with Crippen molar-refractivity contribution in [1.82, 2.24) is 9.97 Å². The van der Waals surface area contributed by atoms with Gasteiger partial charge in [0.25, 0.3) is 0 Å². The van der Waals surface area contributed by atoms with Gasteiger partial charge in [0.1, 0.15) is 17.5 Å². The molecule has 5 nitrogen and oxygen atoms in total. The van der Waals surface area contributed by atoms with E-state index in [4.69, 9.17) is 5.73 Å². The minimum Gasteiger partial charge on any atom is -0.395 e. The first kappa shape index (κ1) is 15.0. The van der Waals surface area contributed by atoms with Crippen molar-refractivity contribution in [2.24, 2.45) is 0 Å². The Bertz CT molecular complexity index is 418. The van der Waals surface area contributed by atoms with Crippen molar-refractivity contribution < 1.29 is 5.11 Å². The molecule has 1 heterocycles. The van der Waals surface area contributed by atoms with Gasteiger partial charge in [0.15, 0.2) is 0 Å². The van der Waals surface area contributed by atoms with Gasteiger partial charge in [-0.2, -0.15) is 0 Å². The zero-order valence-corrected chi connectivity index (χ0v) is 12.4. The third-order valence-electron chi connectivity index (χ3n) is 3.90. The van der Waals surface area contributed by atoms with Gasteiger partial charge in [-0.1, -0.05) is 26.2 Å². The van der Waals surface area contributed by atoms with E-state index in [1.54, 1.807) is 0 Å². The topological polar surface area (TPSA) is 75.3 Å². The van der Waals surface area contributed by atoms with E-state index in [0.29, 0.717) is 18.4 Å². The molecule has 0 atom stereocenters. The van der Waals surface area contributed by atoms with Crippen LogP contribution in [0.5, 0.6) is 0 Å². The molecule has 0 spiro atoms. The molecule has 5 heteroatoms. The molecular formula is C15H26N4O. The summed E-state index contributed by atoms with van der Waals surface area (Å²) in [7, 11) is 0. The maximum Gasteiger partial charge on any atom is 0.134 e. The van der Waals surface area contributed by atoms with Gasteiger partial charge in [0.05, 0.1) is 6.61 Å². The van der Waals surface area contributed by atoms with Gasteiger partial charge >= 0.3 is 0 Å². The summed E-state index contributed by atoms with van der Waals surface area (Å²) in [5.74, 6) is 2.21. The molecule has 0 bridgehead atoms. The predicted octanol–water partition coefficient (Wildman–Crippen LogP) is 2.14. The van der Waals surface area contributed by atoms with Crippen molar-refractivity contribution in [3.8, 4) is 0 Å². The molecule has 3 N–H and O–H groups in total. The summed E-state index contributed by atoms with van der Waals surface area (Å²) in [6, 6.07) is 2.31. The van der Waals surface area contributed by atoms with Crippen molar-refractivity contribution in [1.29, 1.82) is 0 Å². The number of nitrogens with two attached hydrogens (primary N) is 1. The first-order valence-electron chi connectivity index (χ1n) is 7.75. The molecule has 1 saturated carbocycles. The molecule has 1 aromatic rings. The highest BCUT2D eigenvalue weighted by Crippen LogP contribution is 2.27. The summed E-state index contributed by atoms with van der Waals surface area (Å²) in [6.45, 7) is 2.87. The Balaban J connectivity index is 2.22. The van der Waals surface area contributed by atoms with Gasteiger partial charge in [-0.15, -0.1) is 0 Å². The zero-order valence-electron chi connectivity index (χ0n) is 12.4. The van der Waals surface area contributed by atoms with Gasteiger partial charge < -0.3 is 15.7 Å². The van der Waals surface area contributed by atoms with Gasteiger partial charge in [0, 0.05) is 25.1 Å². The maximum absolute atomic E-state index is 9.35. The van der Waals surface area contributed by atoms with E-state index >= 15 is 0 Å². The van der Waals surface area contributed by atoms with E-state index in [9.17, 15) is 5.11 Å². The number of nitrogen functional groups attached to an aromatic ring is 1. The quantitative estimate of drug-likeness (QED) is 0.834. The van der Waals surface area contributed by atoms with Crippen LogP contribution in [0.1, 0.15) is 51.3 Å². The van der Waals surface area contributed by atoms with E-state index in [2.05, 4.69) is 21.8 Å². The first-order chi connectivity index (χ1) is 9.74. The molecule has 0 aromatic carbocycles. The highest BCUT2D eigenvalue weighted by Gasteiger charge is 2.22. The van der Waals surface area contributed by atoms with Crippen molar-refractivity contribution in [2.75, 3.05) is 23.8 Å². The third-order valence-corrected chi connectivity index (χ3v) is 3.90. The molecule has 0 unspecified atom stereocenters. The molecule has 0 aliphatic heterocycles. The minimum atomic E-state index is 0.142. The van der Waals surface area contributed by atoms with Crippen molar-refractivity contribution in [2.45, 2.75) is 57.9 Å². The smallest absolute Gasteiger partial charge is 0.134 e. The summed E-state index contributed by atoms with van der Waals surface area (Å²) in [6.07, 6.45) is 8.03. The molecule has 1 aliphatic rings. The van der Waals surface area contributed by atoms with E-state index in [1.807, 2.05) is 6.07 Å². The van der Waals surface area contributed by atoms with Crippen molar-refractivity contribution in [3.05, 3.63) is 11.9 Å². The average Bonchev–Trinajstić information content (AvgIpc) is 2.45. The van der Waals surface area contributed by atoms with E-state index in [-0.39, 0.29) is 6.61 Å². The molecule has 2 rings (SSSR count). The number of hydrogen-bond donors (Lipinski definition) is 2. The van der Waals surface area contributed by atoms with Crippen LogP contribution in [0.15, 0.2) is 6.07 Å². The average molecular weight is 278 g/mol. The third kappa shape index (κ3) is 3.82. The molecule has 1 aromatic heterocycles. The molecule has 1 fully saturated rings. The van der Waals surface area contributed by atoms with Gasteiger partial charge in [-0.3, -0.25) is 0 Å². The number of aliphatic hydroxyl groups is 1. The molecule has 1 aliphatic carbocycles. The van der Waals surface area contributed by atoms with Gasteiger partial charge in [0.2, 0.25) is 0 Å². The Hall–Kier alpha value is -1.36. The van der Waals surface area contributed by atoms with E-state index < -0.39 is 0 Å². The van der Waals surface area contributed by atoms with Gasteiger partial charge in [-0.05, 0) is 19.3 Å². The summed E-state index contributed by atoms with van der Waals surface area (Å²) in [5, 5.41) is 9.35. The highest BCUT2D eigenvalue weighted by atomic mass is 16.3. The van der Waals surface area contributed by atoms with Gasteiger partial charge in [-0.25, -0.2) is 9.97 Å². The van der Waals surface area contributed by atoms with Crippen LogP contribution < -0.4 is 10.6 Å². The monoisotopic (exact) mass is 278 g/mol. The summed E-state index contributed by atoms with van der Waals surface area (Å²) < 4.78 is 0. The van der Waals surface area contributed by atoms with Crippen LogP contribution in [-0.4, -0.2) is 34.3 Å². The number of nitrogens with zero attached hydrogens (tertiary/aromatic N) is 3. The second-order valence-electron chi connectivity index (χ2n) is 5.53. The lowest BCUT2D eigenvalue weighted by molar-refractivity contribution is 0.289. The van der Waals surface area contributed by atoms with E-state index in [1.165, 1.54) is 32.1 Å². The summed E-state index contributed by atoms with van der Waals surface area (Å²) >= 11 is 0. The lowest BCUT2D eigenvalue weighted by Crippen LogP contribution is -2.39. The number of anilines is 2. The fourth-order valence-electron chi connectivity index (χ4n) is 2.97. The van der Waals surface area contributed by atoms with Crippen LogP contribution in [0.25, 0.3) is 0 Å². The molecule has 0 saturated heterocycles. The lowest BCUT2D eigenvalue weighted by atomic mass is 9.94. The number of rotatable bonds is 6. The van der Waals surface area contributed by atoms with Crippen LogP contribution in [0, 0.1) is 0 Å². The Labute approximate surface area is 121 Å². The van der Waals surface area contributed by atoms with E-state index in [0.717, 1.165) is 24.5 Å². The summed E-state index contributed by atoms with van der Waals surface area (Å²) in [5.41, 5.74) is 5.91. The maximum atomic E-state index is 9.35. The van der Waals surface area contributed by atoms with Crippen molar-refractivity contribution >= 4 is 11.6 Å². The number of aryl methyl sites for hydroxylation is 1. The minimum absolute atomic E-state index is 0.142. The fraction of sp³-hybridized carbons (Fsp3) is 0.733. The molecule has 0 amide bonds. The lowest BCUT2D eigenvalue weighted by Gasteiger charge is -2.35. The Morgan fingerprint density at radius 3 is 2.70 bits per heavy atom. The van der Waals surface area contributed by atoms with Crippen LogP contribution in [0.4, 0.5) is 11.6 Å². The number of hydrogen-bond acceptors (Lipinski definition) is 5. The highest BCUT2D eigenvalue weighted by molar-refractivity contribution is 5.48.